The maximum Gasteiger partial charge on any atom is 0.337 e. The molecule has 0 aliphatic rings. The van der Waals surface area contributed by atoms with Crippen LogP contribution in [0.3, 0.4) is 0 Å². The van der Waals surface area contributed by atoms with Crippen molar-refractivity contribution in [1.82, 2.24) is 5.32 Å². The number of thiocarbonyl (C=S) groups is 1. The Morgan fingerprint density at radius 1 is 1.22 bits per heavy atom. The Hall–Kier alpha value is -2.64. The van der Waals surface area contributed by atoms with Gasteiger partial charge in [-0.3, -0.25) is 10.1 Å². The summed E-state index contributed by atoms with van der Waals surface area (Å²) in [4.78, 5) is 23.6. The van der Waals surface area contributed by atoms with Crippen molar-refractivity contribution in [1.29, 1.82) is 0 Å². The van der Waals surface area contributed by atoms with E-state index < -0.39 is 11.9 Å². The lowest BCUT2D eigenvalue weighted by Gasteiger charge is -2.13. The summed E-state index contributed by atoms with van der Waals surface area (Å²) in [6.07, 6.45) is 0.967. The van der Waals surface area contributed by atoms with Gasteiger partial charge in [-0.25, -0.2) is 4.79 Å². The first-order chi connectivity index (χ1) is 12.8. The van der Waals surface area contributed by atoms with Crippen LogP contribution in [0.25, 0.3) is 0 Å². The average molecular weight is 407 g/mol. The predicted molar refractivity (Wildman–Crippen MR) is 109 cm³/mol. The summed E-state index contributed by atoms with van der Waals surface area (Å²) >= 11 is 10.9. The highest BCUT2D eigenvalue weighted by molar-refractivity contribution is 7.80. The number of nitrogens with one attached hydrogen (secondary N) is 2. The smallest absolute Gasteiger partial charge is 0.337 e. The third-order valence-electron chi connectivity index (χ3n) is 3.72. The number of hydrogen-bond donors (Lipinski definition) is 3. The number of ether oxygens (including phenoxy) is 1. The molecule has 0 bridgehead atoms. The number of carboxylic acids is 1. The van der Waals surface area contributed by atoms with Crippen LogP contribution >= 0.6 is 23.8 Å². The molecule has 0 saturated heterocycles. The predicted octanol–water partition coefficient (Wildman–Crippen LogP) is 4.34. The van der Waals surface area contributed by atoms with Gasteiger partial charge in [-0.2, -0.15) is 0 Å². The molecule has 0 aliphatic carbocycles. The van der Waals surface area contributed by atoms with Crippen LogP contribution in [0, 0.1) is 0 Å². The molecule has 2 aromatic carbocycles. The first-order valence-electron chi connectivity index (χ1n) is 8.22. The zero-order valence-electron chi connectivity index (χ0n) is 14.8. The number of rotatable bonds is 6. The molecule has 0 unspecified atom stereocenters. The third-order valence-corrected chi connectivity index (χ3v) is 4.16. The highest BCUT2D eigenvalue weighted by Crippen LogP contribution is 2.21. The van der Waals surface area contributed by atoms with E-state index in [0.29, 0.717) is 11.3 Å². The van der Waals surface area contributed by atoms with E-state index in [0.717, 1.165) is 6.42 Å². The fourth-order valence-corrected chi connectivity index (χ4v) is 2.51. The first kappa shape index (κ1) is 20.7. The van der Waals surface area contributed by atoms with Crippen LogP contribution in [0.2, 0.25) is 5.02 Å². The Morgan fingerprint density at radius 3 is 2.48 bits per heavy atom. The molecular weight excluding hydrogens is 388 g/mol. The zero-order valence-corrected chi connectivity index (χ0v) is 16.4. The fourth-order valence-electron chi connectivity index (χ4n) is 2.13. The van der Waals surface area contributed by atoms with E-state index in [1.54, 1.807) is 24.3 Å². The van der Waals surface area contributed by atoms with E-state index in [1.807, 2.05) is 13.8 Å². The number of benzene rings is 2. The highest BCUT2D eigenvalue weighted by atomic mass is 35.5. The number of hydrogen-bond acceptors (Lipinski definition) is 4. The molecule has 1 amide bonds. The van der Waals surface area contributed by atoms with Crippen LogP contribution < -0.4 is 15.4 Å². The van der Waals surface area contributed by atoms with Crippen molar-refractivity contribution in [3.8, 4) is 5.75 Å². The van der Waals surface area contributed by atoms with Gasteiger partial charge in [-0.05, 0) is 68.0 Å². The summed E-state index contributed by atoms with van der Waals surface area (Å²) in [5, 5.41) is 14.7. The molecule has 0 spiro atoms. The lowest BCUT2D eigenvalue weighted by molar-refractivity contribution is 0.0697. The number of carboxylic acid groups (broad SMARTS) is 1. The molecule has 1 atom stereocenters. The summed E-state index contributed by atoms with van der Waals surface area (Å²) in [6, 6.07) is 11.0. The molecule has 6 nitrogen and oxygen atoms in total. The molecule has 27 heavy (non-hydrogen) atoms. The molecule has 2 aromatic rings. The van der Waals surface area contributed by atoms with E-state index in [2.05, 4.69) is 10.6 Å². The topological polar surface area (TPSA) is 87.7 Å². The van der Waals surface area contributed by atoms with E-state index in [1.165, 1.54) is 18.2 Å². The van der Waals surface area contributed by atoms with Crippen LogP contribution in [0.15, 0.2) is 42.5 Å². The second-order valence-corrected chi connectivity index (χ2v) is 6.61. The van der Waals surface area contributed by atoms with Gasteiger partial charge in [-0.15, -0.1) is 0 Å². The van der Waals surface area contributed by atoms with Crippen molar-refractivity contribution < 1.29 is 19.4 Å². The minimum atomic E-state index is -1.16. The Kier molecular flexibility index (Phi) is 7.15. The van der Waals surface area contributed by atoms with E-state index in [4.69, 9.17) is 28.6 Å². The molecule has 0 fully saturated rings. The van der Waals surface area contributed by atoms with Gasteiger partial charge in [0.15, 0.2) is 5.11 Å². The Morgan fingerprint density at radius 2 is 1.89 bits per heavy atom. The zero-order chi connectivity index (χ0) is 20.0. The van der Waals surface area contributed by atoms with Gasteiger partial charge in [0.2, 0.25) is 0 Å². The monoisotopic (exact) mass is 406 g/mol. The third kappa shape index (κ3) is 5.94. The average Bonchev–Trinajstić information content (AvgIpc) is 2.63. The number of carbonyl (C=O) groups excluding carboxylic acids is 1. The highest BCUT2D eigenvalue weighted by Gasteiger charge is 2.14. The normalized spacial score (nSPS) is 11.4. The summed E-state index contributed by atoms with van der Waals surface area (Å²) in [6.45, 7) is 3.99. The molecule has 0 aliphatic heterocycles. The summed E-state index contributed by atoms with van der Waals surface area (Å²) < 4.78 is 5.67. The number of halogens is 1. The Labute approximate surface area is 167 Å². The van der Waals surface area contributed by atoms with Crippen molar-refractivity contribution in [2.24, 2.45) is 0 Å². The second-order valence-electron chi connectivity index (χ2n) is 5.76. The first-order valence-corrected chi connectivity index (χ1v) is 9.00. The summed E-state index contributed by atoms with van der Waals surface area (Å²) in [5.41, 5.74) is 0.574. The van der Waals surface area contributed by atoms with Gasteiger partial charge in [-0.1, -0.05) is 18.5 Å². The van der Waals surface area contributed by atoms with E-state index in [9.17, 15) is 14.7 Å². The molecule has 2 rings (SSSR count). The molecule has 8 heteroatoms. The number of carbonyl (C=O) groups is 2. The van der Waals surface area contributed by atoms with Crippen LogP contribution in [0.4, 0.5) is 5.69 Å². The number of aromatic carboxylic acids is 1. The van der Waals surface area contributed by atoms with E-state index >= 15 is 0 Å². The van der Waals surface area contributed by atoms with Crippen molar-refractivity contribution in [2.45, 2.75) is 26.4 Å². The molecule has 0 radical (unpaired) electrons. The molecule has 0 heterocycles. The molecule has 3 N–H and O–H groups in total. The lowest BCUT2D eigenvalue weighted by Crippen LogP contribution is -2.34. The van der Waals surface area contributed by atoms with E-state index in [-0.39, 0.29) is 27.5 Å². The molecule has 142 valence electrons. The van der Waals surface area contributed by atoms with Gasteiger partial charge in [0.05, 0.1) is 17.4 Å². The summed E-state index contributed by atoms with van der Waals surface area (Å²) in [7, 11) is 0. The maximum atomic E-state index is 12.3. The second kappa shape index (κ2) is 9.34. The minimum Gasteiger partial charge on any atom is -0.491 e. The fraction of sp³-hybridized carbons (Fsp3) is 0.211. The standard InChI is InChI=1S/C19H19ClN2O4S/c1-3-11(2)26-14-7-4-12(5-8-14)17(23)22-19(27)21-16-9-6-13(20)10-15(16)18(24)25/h4-11H,3H2,1-2H3,(H,24,25)(H2,21,22,23,27)/t11-/m1/s1. The molecule has 0 aromatic heterocycles. The van der Waals surface area contributed by atoms with Crippen molar-refractivity contribution in [3.63, 3.8) is 0 Å². The molecule has 0 saturated carbocycles. The van der Waals surface area contributed by atoms with Crippen LogP contribution in [0.1, 0.15) is 41.0 Å². The summed E-state index contributed by atoms with van der Waals surface area (Å²) in [5.74, 6) is -0.909. The van der Waals surface area contributed by atoms with Crippen LogP contribution in [0.5, 0.6) is 5.75 Å². The largest absolute Gasteiger partial charge is 0.491 e. The lowest BCUT2D eigenvalue weighted by atomic mass is 10.2. The minimum absolute atomic E-state index is 0.0234. The Bertz CT molecular complexity index is 855. The van der Waals surface area contributed by atoms with Crippen molar-refractivity contribution >= 4 is 46.5 Å². The van der Waals surface area contributed by atoms with Crippen molar-refractivity contribution in [2.75, 3.05) is 5.32 Å². The van der Waals surface area contributed by atoms with Crippen LogP contribution in [-0.2, 0) is 0 Å². The Balaban J connectivity index is 2.02. The number of amides is 1. The molecular formula is C19H19ClN2O4S. The van der Waals surface area contributed by atoms with Gasteiger partial charge < -0.3 is 15.2 Å². The van der Waals surface area contributed by atoms with Gasteiger partial charge >= 0.3 is 5.97 Å². The van der Waals surface area contributed by atoms with Gasteiger partial charge in [0, 0.05) is 10.6 Å². The van der Waals surface area contributed by atoms with Crippen LogP contribution in [-0.4, -0.2) is 28.2 Å². The van der Waals surface area contributed by atoms with Gasteiger partial charge in [0.1, 0.15) is 5.75 Å². The maximum absolute atomic E-state index is 12.3. The SMILES string of the molecule is CC[C@@H](C)Oc1ccc(C(=O)NC(=S)Nc2ccc(Cl)cc2C(=O)O)cc1. The number of anilines is 1. The van der Waals surface area contributed by atoms with Gasteiger partial charge in [0.25, 0.3) is 5.91 Å². The quantitative estimate of drug-likeness (QED) is 0.618. The van der Waals surface area contributed by atoms with Crippen molar-refractivity contribution in [3.05, 3.63) is 58.6 Å².